The van der Waals surface area contributed by atoms with Crippen LogP contribution < -0.4 is 5.32 Å². The average Bonchev–Trinajstić information content (AvgIpc) is 3.22. The topological polar surface area (TPSA) is 95.9 Å². The molecule has 0 fully saturated rings. The normalized spacial score (nSPS) is 12.6. The number of hydrogen-bond acceptors (Lipinski definition) is 5. The lowest BCUT2D eigenvalue weighted by atomic mass is 10.0. The number of rotatable bonds is 49. The molecule has 0 saturated carbocycles. The van der Waals surface area contributed by atoms with E-state index in [9.17, 15) is 19.8 Å². The number of hydrogen-bond donors (Lipinski definition) is 3. The molecule has 0 aliphatic heterocycles. The Labute approximate surface area is 362 Å². The highest BCUT2D eigenvalue weighted by Crippen LogP contribution is 2.17. The Morgan fingerprint density at radius 3 is 1.05 bits per heavy atom. The molecule has 58 heavy (non-hydrogen) atoms. The highest BCUT2D eigenvalue weighted by molar-refractivity contribution is 5.76. The van der Waals surface area contributed by atoms with Gasteiger partial charge in [0.15, 0.2) is 0 Å². The number of carbonyl (C=O) groups is 2. The second kappa shape index (κ2) is 48.5. The molecule has 0 aliphatic carbocycles. The van der Waals surface area contributed by atoms with Crippen molar-refractivity contribution in [3.63, 3.8) is 0 Å². The first-order valence-electron chi connectivity index (χ1n) is 26.3. The van der Waals surface area contributed by atoms with Crippen LogP contribution in [0.25, 0.3) is 0 Å². The van der Waals surface area contributed by atoms with Gasteiger partial charge in [-0.15, -0.1) is 0 Å². The summed E-state index contributed by atoms with van der Waals surface area (Å²) in [5.74, 6) is -0.0500. The number of ether oxygens (including phenoxy) is 1. The van der Waals surface area contributed by atoms with E-state index in [2.05, 4.69) is 19.2 Å². The van der Waals surface area contributed by atoms with Crippen molar-refractivity contribution in [2.75, 3.05) is 13.2 Å². The first-order valence-corrected chi connectivity index (χ1v) is 26.3. The van der Waals surface area contributed by atoms with Crippen molar-refractivity contribution < 1.29 is 24.5 Å². The molecule has 0 spiro atoms. The van der Waals surface area contributed by atoms with Crippen molar-refractivity contribution in [3.8, 4) is 0 Å². The molecule has 2 atom stereocenters. The van der Waals surface area contributed by atoms with E-state index in [1.54, 1.807) is 0 Å². The Hall–Kier alpha value is -1.14. The molecule has 0 bridgehead atoms. The molecule has 3 N–H and O–H groups in total. The molecule has 0 radical (unpaired) electrons. The number of aliphatic hydroxyl groups is 2. The van der Waals surface area contributed by atoms with Crippen LogP contribution in [0.5, 0.6) is 0 Å². The molecule has 6 nitrogen and oxygen atoms in total. The Morgan fingerprint density at radius 1 is 0.414 bits per heavy atom. The van der Waals surface area contributed by atoms with E-state index < -0.39 is 12.1 Å². The molecule has 0 aliphatic rings. The Bertz CT molecular complexity index is 822. The van der Waals surface area contributed by atoms with E-state index in [0.717, 1.165) is 51.4 Å². The van der Waals surface area contributed by atoms with Gasteiger partial charge in [0.2, 0.25) is 5.91 Å². The predicted octanol–water partition coefficient (Wildman–Crippen LogP) is 15.6. The van der Waals surface area contributed by atoms with Crippen LogP contribution in [0.15, 0.2) is 0 Å². The largest absolute Gasteiger partial charge is 0.466 e. The Balaban J connectivity index is 3.45. The summed E-state index contributed by atoms with van der Waals surface area (Å²) in [7, 11) is 0. The number of amides is 1. The molecular formula is C52H103NO5. The van der Waals surface area contributed by atoms with E-state index in [4.69, 9.17) is 4.74 Å². The summed E-state index contributed by atoms with van der Waals surface area (Å²) in [6.45, 7) is 4.94. The van der Waals surface area contributed by atoms with E-state index in [1.165, 1.54) is 212 Å². The summed E-state index contributed by atoms with van der Waals surface area (Å²) < 4.78 is 5.45. The molecule has 0 rings (SSSR count). The molecule has 0 aromatic rings. The molecule has 2 unspecified atom stereocenters. The smallest absolute Gasteiger partial charge is 0.305 e. The third kappa shape index (κ3) is 44.4. The summed E-state index contributed by atoms with van der Waals surface area (Å²) >= 11 is 0. The van der Waals surface area contributed by atoms with E-state index in [1.807, 2.05) is 0 Å². The lowest BCUT2D eigenvalue weighted by Gasteiger charge is -2.22. The summed E-state index contributed by atoms with van der Waals surface area (Å²) in [5.41, 5.74) is 0. The van der Waals surface area contributed by atoms with Gasteiger partial charge in [0, 0.05) is 12.8 Å². The van der Waals surface area contributed by atoms with Gasteiger partial charge >= 0.3 is 5.97 Å². The summed E-state index contributed by atoms with van der Waals surface area (Å²) in [6.07, 6.45) is 53.5. The number of nitrogens with one attached hydrogen (secondary N) is 1. The molecule has 0 saturated heterocycles. The maximum Gasteiger partial charge on any atom is 0.305 e. The third-order valence-corrected chi connectivity index (χ3v) is 12.4. The van der Waals surface area contributed by atoms with E-state index in [0.29, 0.717) is 25.9 Å². The van der Waals surface area contributed by atoms with E-state index >= 15 is 0 Å². The van der Waals surface area contributed by atoms with Crippen LogP contribution >= 0.6 is 0 Å². The number of unbranched alkanes of at least 4 members (excludes halogenated alkanes) is 38. The maximum absolute atomic E-state index is 12.5. The fourth-order valence-corrected chi connectivity index (χ4v) is 8.35. The molecule has 0 heterocycles. The first-order chi connectivity index (χ1) is 28.5. The third-order valence-electron chi connectivity index (χ3n) is 12.4. The molecule has 0 aromatic heterocycles. The van der Waals surface area contributed by atoms with Crippen LogP contribution in [0.4, 0.5) is 0 Å². The van der Waals surface area contributed by atoms with Gasteiger partial charge in [-0.05, 0) is 25.7 Å². The fraction of sp³-hybridized carbons (Fsp3) is 0.962. The van der Waals surface area contributed by atoms with E-state index in [-0.39, 0.29) is 18.5 Å². The van der Waals surface area contributed by atoms with Crippen molar-refractivity contribution in [2.24, 2.45) is 0 Å². The van der Waals surface area contributed by atoms with Crippen LogP contribution in [0, 0.1) is 0 Å². The van der Waals surface area contributed by atoms with Crippen LogP contribution in [-0.4, -0.2) is 47.4 Å². The van der Waals surface area contributed by atoms with Crippen molar-refractivity contribution in [2.45, 2.75) is 309 Å². The lowest BCUT2D eigenvalue weighted by Crippen LogP contribution is -2.45. The van der Waals surface area contributed by atoms with Crippen molar-refractivity contribution >= 4 is 11.9 Å². The van der Waals surface area contributed by atoms with Crippen LogP contribution in [0.2, 0.25) is 0 Å². The van der Waals surface area contributed by atoms with Crippen molar-refractivity contribution in [1.29, 1.82) is 0 Å². The Morgan fingerprint density at radius 2 is 0.707 bits per heavy atom. The average molecular weight is 822 g/mol. The maximum atomic E-state index is 12.5. The van der Waals surface area contributed by atoms with Crippen molar-refractivity contribution in [3.05, 3.63) is 0 Å². The van der Waals surface area contributed by atoms with Crippen LogP contribution in [-0.2, 0) is 14.3 Å². The van der Waals surface area contributed by atoms with Gasteiger partial charge in [-0.3, -0.25) is 9.59 Å². The van der Waals surface area contributed by atoms with Gasteiger partial charge in [0.05, 0.1) is 25.4 Å². The zero-order chi connectivity index (χ0) is 42.3. The monoisotopic (exact) mass is 822 g/mol. The predicted molar refractivity (Wildman–Crippen MR) is 250 cm³/mol. The number of carbonyl (C=O) groups excluding carboxylic acids is 2. The first kappa shape index (κ1) is 56.9. The van der Waals surface area contributed by atoms with Crippen molar-refractivity contribution in [1.82, 2.24) is 5.32 Å². The SMILES string of the molecule is CCCCCCCCCCCCCCCCCCCC(O)C(CO)NC(=O)CCCCCCCCCCCCCCCOC(=O)CCCCCCCCCCCCC. The molecule has 0 aromatic carbocycles. The molecule has 6 heteroatoms. The second-order valence-electron chi connectivity index (χ2n) is 18.2. The second-order valence-corrected chi connectivity index (χ2v) is 18.2. The van der Waals surface area contributed by atoms with Gasteiger partial charge in [0.25, 0.3) is 0 Å². The summed E-state index contributed by atoms with van der Waals surface area (Å²) in [4.78, 5) is 24.4. The summed E-state index contributed by atoms with van der Waals surface area (Å²) in [6, 6.07) is -0.549. The zero-order valence-electron chi connectivity index (χ0n) is 39.3. The molecule has 1 amide bonds. The molecular weight excluding hydrogens is 719 g/mol. The van der Waals surface area contributed by atoms with Gasteiger partial charge in [-0.25, -0.2) is 0 Å². The minimum absolute atomic E-state index is 0.00495. The number of aliphatic hydroxyl groups excluding tert-OH is 2. The van der Waals surface area contributed by atoms with Gasteiger partial charge in [-0.2, -0.15) is 0 Å². The minimum Gasteiger partial charge on any atom is -0.466 e. The fourth-order valence-electron chi connectivity index (χ4n) is 8.35. The lowest BCUT2D eigenvalue weighted by molar-refractivity contribution is -0.143. The quantitative estimate of drug-likeness (QED) is 0.0420. The number of esters is 1. The van der Waals surface area contributed by atoms with Gasteiger partial charge in [0.1, 0.15) is 0 Å². The van der Waals surface area contributed by atoms with Crippen LogP contribution in [0.1, 0.15) is 296 Å². The summed E-state index contributed by atoms with van der Waals surface area (Å²) in [5, 5.41) is 23.3. The molecule has 346 valence electrons. The highest BCUT2D eigenvalue weighted by Gasteiger charge is 2.20. The zero-order valence-corrected chi connectivity index (χ0v) is 39.3. The van der Waals surface area contributed by atoms with Crippen LogP contribution in [0.3, 0.4) is 0 Å². The standard InChI is InChI=1S/C52H103NO5/c1-3-5-7-9-11-13-15-16-17-18-19-21-25-28-32-36-40-44-50(55)49(48-54)53-51(56)45-41-37-33-29-26-22-20-23-27-31-35-39-43-47-58-52(57)46-42-38-34-30-24-14-12-10-8-6-4-2/h49-50,54-55H,3-48H2,1-2H3,(H,53,56). The Kier molecular flexibility index (Phi) is 47.6. The van der Waals surface area contributed by atoms with Gasteiger partial charge in [-0.1, -0.05) is 258 Å². The highest BCUT2D eigenvalue weighted by atomic mass is 16.5. The minimum atomic E-state index is -0.671. The van der Waals surface area contributed by atoms with Gasteiger partial charge < -0.3 is 20.3 Å².